The lowest BCUT2D eigenvalue weighted by Gasteiger charge is -2.38. The minimum absolute atomic E-state index is 0.172. The molecule has 1 aliphatic rings. The Morgan fingerprint density at radius 3 is 2.68 bits per heavy atom. The van der Waals surface area contributed by atoms with Gasteiger partial charge >= 0.3 is 5.97 Å². The van der Waals surface area contributed by atoms with Gasteiger partial charge in [0.15, 0.2) is 0 Å². The van der Waals surface area contributed by atoms with Crippen LogP contribution in [0.4, 0.5) is 0 Å². The van der Waals surface area contributed by atoms with E-state index in [4.69, 9.17) is 4.74 Å². The number of piperidine rings is 1. The van der Waals surface area contributed by atoms with Gasteiger partial charge in [-0.3, -0.25) is 4.79 Å². The van der Waals surface area contributed by atoms with Crippen LogP contribution in [0.3, 0.4) is 0 Å². The summed E-state index contributed by atoms with van der Waals surface area (Å²) in [6.45, 7) is 10.0. The van der Waals surface area contributed by atoms with E-state index in [0.29, 0.717) is 5.41 Å². The van der Waals surface area contributed by atoms with Gasteiger partial charge < -0.3 is 15.0 Å². The van der Waals surface area contributed by atoms with Crippen LogP contribution in [0.15, 0.2) is 0 Å². The molecule has 0 aromatic rings. The van der Waals surface area contributed by atoms with E-state index in [1.807, 2.05) is 14.0 Å². The van der Waals surface area contributed by atoms with Crippen LogP contribution in [-0.2, 0) is 9.53 Å². The summed E-state index contributed by atoms with van der Waals surface area (Å²) in [5, 5.41) is 3.09. The Morgan fingerprint density at radius 1 is 1.47 bits per heavy atom. The van der Waals surface area contributed by atoms with Gasteiger partial charge in [0, 0.05) is 6.54 Å². The molecule has 0 radical (unpaired) electrons. The van der Waals surface area contributed by atoms with Crippen molar-refractivity contribution in [3.63, 3.8) is 0 Å². The minimum Gasteiger partial charge on any atom is -0.468 e. The summed E-state index contributed by atoms with van der Waals surface area (Å²) in [4.78, 5) is 14.3. The zero-order chi connectivity index (χ0) is 14.5. The quantitative estimate of drug-likeness (QED) is 0.750. The largest absolute Gasteiger partial charge is 0.468 e. The summed E-state index contributed by atoms with van der Waals surface area (Å²) in [5.74, 6) is -0.172. The fourth-order valence-electron chi connectivity index (χ4n) is 2.95. The highest BCUT2D eigenvalue weighted by Crippen LogP contribution is 2.28. The molecule has 1 unspecified atom stereocenters. The number of hydrogen-bond donors (Lipinski definition) is 1. The highest BCUT2D eigenvalue weighted by atomic mass is 16.5. The smallest absolute Gasteiger partial charge is 0.325 e. The van der Waals surface area contributed by atoms with Gasteiger partial charge in [-0.25, -0.2) is 0 Å². The van der Waals surface area contributed by atoms with Crippen molar-refractivity contribution in [1.29, 1.82) is 0 Å². The molecule has 1 atom stereocenters. The van der Waals surface area contributed by atoms with Gasteiger partial charge in [0.2, 0.25) is 0 Å². The molecule has 4 heteroatoms. The monoisotopic (exact) mass is 270 g/mol. The second kappa shape index (κ2) is 6.71. The number of ether oxygens (including phenoxy) is 1. The third kappa shape index (κ3) is 4.77. The molecule has 1 N–H and O–H groups in total. The van der Waals surface area contributed by atoms with Crippen LogP contribution in [-0.4, -0.2) is 50.2 Å². The van der Waals surface area contributed by atoms with E-state index >= 15 is 0 Å². The fraction of sp³-hybridized carbons (Fsp3) is 0.933. The first-order valence-electron chi connectivity index (χ1n) is 7.33. The molecule has 0 spiro atoms. The van der Waals surface area contributed by atoms with E-state index in [9.17, 15) is 4.79 Å². The van der Waals surface area contributed by atoms with Gasteiger partial charge in [-0.1, -0.05) is 13.8 Å². The van der Waals surface area contributed by atoms with Crippen LogP contribution in [0.5, 0.6) is 0 Å². The molecule has 1 aliphatic heterocycles. The van der Waals surface area contributed by atoms with Crippen LogP contribution in [0.1, 0.15) is 46.5 Å². The van der Waals surface area contributed by atoms with Crippen molar-refractivity contribution in [2.45, 2.75) is 52.0 Å². The molecule has 1 rings (SSSR count). The van der Waals surface area contributed by atoms with Crippen molar-refractivity contribution in [2.75, 3.05) is 33.8 Å². The molecule has 1 heterocycles. The van der Waals surface area contributed by atoms with Crippen molar-refractivity contribution in [1.82, 2.24) is 10.2 Å². The van der Waals surface area contributed by atoms with Gasteiger partial charge in [-0.2, -0.15) is 0 Å². The standard InChI is InChI=1S/C15H30N2O2/c1-14(2)8-6-10-17(12-14)11-7-9-15(3,16-4)13(18)19-5/h16H,6-12H2,1-5H3. The van der Waals surface area contributed by atoms with Crippen LogP contribution < -0.4 is 5.32 Å². The molecule has 4 nitrogen and oxygen atoms in total. The lowest BCUT2D eigenvalue weighted by Crippen LogP contribution is -2.49. The number of esters is 1. The topological polar surface area (TPSA) is 41.6 Å². The zero-order valence-electron chi connectivity index (χ0n) is 13.2. The maximum atomic E-state index is 11.8. The average molecular weight is 270 g/mol. The highest BCUT2D eigenvalue weighted by Gasteiger charge is 2.32. The molecule has 0 aromatic carbocycles. The predicted octanol–water partition coefficient (Wildman–Crippen LogP) is 2.04. The Bertz CT molecular complexity index is 305. The highest BCUT2D eigenvalue weighted by molar-refractivity contribution is 5.80. The third-order valence-electron chi connectivity index (χ3n) is 4.32. The molecule has 0 bridgehead atoms. The Morgan fingerprint density at radius 2 is 2.16 bits per heavy atom. The average Bonchev–Trinajstić information content (AvgIpc) is 2.36. The molecule has 1 fully saturated rings. The number of likely N-dealkylation sites (tertiary alicyclic amines) is 1. The van der Waals surface area contributed by atoms with Gasteiger partial charge in [0.05, 0.1) is 7.11 Å². The van der Waals surface area contributed by atoms with Gasteiger partial charge in [0.1, 0.15) is 5.54 Å². The van der Waals surface area contributed by atoms with E-state index in [2.05, 4.69) is 24.1 Å². The normalized spacial score (nSPS) is 22.8. The predicted molar refractivity (Wildman–Crippen MR) is 78.2 cm³/mol. The van der Waals surface area contributed by atoms with Crippen molar-refractivity contribution < 1.29 is 9.53 Å². The van der Waals surface area contributed by atoms with Crippen LogP contribution in [0.25, 0.3) is 0 Å². The lowest BCUT2D eigenvalue weighted by atomic mass is 9.84. The Hall–Kier alpha value is -0.610. The summed E-state index contributed by atoms with van der Waals surface area (Å²) in [6, 6.07) is 0. The molecule has 0 amide bonds. The van der Waals surface area contributed by atoms with Crippen LogP contribution in [0, 0.1) is 5.41 Å². The molecular formula is C15H30N2O2. The maximum absolute atomic E-state index is 11.8. The van der Waals surface area contributed by atoms with Crippen molar-refractivity contribution in [3.8, 4) is 0 Å². The van der Waals surface area contributed by atoms with E-state index in [1.54, 1.807) is 0 Å². The number of likely N-dealkylation sites (N-methyl/N-ethyl adjacent to an activating group) is 1. The lowest BCUT2D eigenvalue weighted by molar-refractivity contribution is -0.148. The molecule has 1 saturated heterocycles. The van der Waals surface area contributed by atoms with Crippen molar-refractivity contribution in [2.24, 2.45) is 5.41 Å². The van der Waals surface area contributed by atoms with Gasteiger partial charge in [-0.15, -0.1) is 0 Å². The van der Waals surface area contributed by atoms with Crippen molar-refractivity contribution in [3.05, 3.63) is 0 Å². The molecule has 112 valence electrons. The van der Waals surface area contributed by atoms with E-state index in [1.165, 1.54) is 33.0 Å². The number of rotatable bonds is 6. The first kappa shape index (κ1) is 16.4. The number of hydrogen-bond acceptors (Lipinski definition) is 4. The number of methoxy groups -OCH3 is 1. The van der Waals surface area contributed by atoms with Gasteiger partial charge in [-0.05, 0) is 58.2 Å². The summed E-state index contributed by atoms with van der Waals surface area (Å²) < 4.78 is 4.87. The Balaban J connectivity index is 2.38. The summed E-state index contributed by atoms with van der Waals surface area (Å²) in [5.41, 5.74) is -0.118. The summed E-state index contributed by atoms with van der Waals surface area (Å²) in [7, 11) is 3.27. The summed E-state index contributed by atoms with van der Waals surface area (Å²) in [6.07, 6.45) is 4.43. The number of nitrogens with zero attached hydrogens (tertiary/aromatic N) is 1. The van der Waals surface area contributed by atoms with E-state index in [0.717, 1.165) is 19.4 Å². The fourth-order valence-corrected chi connectivity index (χ4v) is 2.95. The number of nitrogens with one attached hydrogen (secondary N) is 1. The first-order chi connectivity index (χ1) is 8.83. The minimum atomic E-state index is -0.556. The zero-order valence-corrected chi connectivity index (χ0v) is 13.2. The third-order valence-corrected chi connectivity index (χ3v) is 4.32. The SMILES string of the molecule is CNC(C)(CCCN1CCCC(C)(C)C1)C(=O)OC. The first-order valence-corrected chi connectivity index (χ1v) is 7.33. The second-order valence-electron chi connectivity index (χ2n) is 6.72. The van der Waals surface area contributed by atoms with Crippen LogP contribution in [0.2, 0.25) is 0 Å². The van der Waals surface area contributed by atoms with E-state index < -0.39 is 5.54 Å². The molecular weight excluding hydrogens is 240 g/mol. The maximum Gasteiger partial charge on any atom is 0.325 e. The molecule has 0 aromatic heterocycles. The number of carbonyl (C=O) groups excluding carboxylic acids is 1. The van der Waals surface area contributed by atoms with Crippen LogP contribution >= 0.6 is 0 Å². The van der Waals surface area contributed by atoms with E-state index in [-0.39, 0.29) is 5.97 Å². The second-order valence-corrected chi connectivity index (χ2v) is 6.72. The molecule has 19 heavy (non-hydrogen) atoms. The Labute approximate surface area is 117 Å². The molecule has 0 saturated carbocycles. The Kier molecular flexibility index (Phi) is 5.81. The summed E-state index contributed by atoms with van der Waals surface area (Å²) >= 11 is 0. The molecule has 0 aliphatic carbocycles. The number of carbonyl (C=O) groups is 1. The van der Waals surface area contributed by atoms with Crippen molar-refractivity contribution >= 4 is 5.97 Å². The van der Waals surface area contributed by atoms with Gasteiger partial charge in [0.25, 0.3) is 0 Å².